The molecule has 1 fully saturated rings. The highest BCUT2D eigenvalue weighted by Crippen LogP contribution is 2.36. The molecule has 0 bridgehead atoms. The minimum atomic E-state index is 0.0178. The van der Waals surface area contributed by atoms with Gasteiger partial charge in [-0.1, -0.05) is 82.0 Å². The minimum Gasteiger partial charge on any atom is -0.321 e. The van der Waals surface area contributed by atoms with E-state index in [9.17, 15) is 4.79 Å². The number of anilines is 1. The van der Waals surface area contributed by atoms with Crippen LogP contribution in [0, 0.1) is 6.92 Å². The van der Waals surface area contributed by atoms with Gasteiger partial charge in [-0.2, -0.15) is 0 Å². The Bertz CT molecular complexity index is 1130. The molecule has 1 saturated carbocycles. The van der Waals surface area contributed by atoms with Crippen molar-refractivity contribution in [2.24, 2.45) is 0 Å². The number of benzene rings is 2. The summed E-state index contributed by atoms with van der Waals surface area (Å²) in [6.07, 6.45) is 7.97. The number of carbonyl (C=O) groups is 1. The van der Waals surface area contributed by atoms with Gasteiger partial charge in [0.25, 0.3) is 0 Å². The van der Waals surface area contributed by atoms with E-state index >= 15 is 0 Å². The molecule has 192 valence electrons. The lowest BCUT2D eigenvalue weighted by atomic mass is 10.0. The maximum atomic E-state index is 13.9. The molecular formula is C30H39N3OS2. The number of hydrogen-bond acceptors (Lipinski definition) is 4. The molecule has 0 spiro atoms. The molecule has 2 amide bonds. The van der Waals surface area contributed by atoms with E-state index in [0.29, 0.717) is 0 Å². The summed E-state index contributed by atoms with van der Waals surface area (Å²) < 4.78 is 0. The Morgan fingerprint density at radius 2 is 1.69 bits per heavy atom. The van der Waals surface area contributed by atoms with Gasteiger partial charge in [-0.15, -0.1) is 23.5 Å². The molecule has 6 heteroatoms. The highest BCUT2D eigenvalue weighted by atomic mass is 32.2. The van der Waals surface area contributed by atoms with Crippen LogP contribution >= 0.6 is 23.5 Å². The predicted molar refractivity (Wildman–Crippen MR) is 157 cm³/mol. The number of amides is 2. The first kappa shape index (κ1) is 26.9. The third-order valence-corrected chi connectivity index (χ3v) is 8.65. The molecule has 2 aromatic carbocycles. The molecule has 1 aliphatic carbocycles. The fourth-order valence-corrected chi connectivity index (χ4v) is 6.79. The van der Waals surface area contributed by atoms with Gasteiger partial charge < -0.3 is 10.2 Å². The summed E-state index contributed by atoms with van der Waals surface area (Å²) in [5.74, 6) is 1.88. The molecular weight excluding hydrogens is 482 g/mol. The fourth-order valence-electron chi connectivity index (χ4n) is 5.08. The zero-order chi connectivity index (χ0) is 25.3. The van der Waals surface area contributed by atoms with Crippen LogP contribution in [-0.2, 0) is 6.42 Å². The van der Waals surface area contributed by atoms with Crippen molar-refractivity contribution >= 4 is 46.0 Å². The monoisotopic (exact) mass is 521 g/mol. The maximum Gasteiger partial charge on any atom is 0.322 e. The van der Waals surface area contributed by atoms with Crippen molar-refractivity contribution in [3.05, 3.63) is 59.8 Å². The summed E-state index contributed by atoms with van der Waals surface area (Å²) in [5.41, 5.74) is 3.16. The molecule has 1 heterocycles. The third kappa shape index (κ3) is 6.98. The average molecular weight is 522 g/mol. The van der Waals surface area contributed by atoms with E-state index in [1.807, 2.05) is 6.92 Å². The van der Waals surface area contributed by atoms with E-state index in [-0.39, 0.29) is 12.1 Å². The Balaban J connectivity index is 1.58. The summed E-state index contributed by atoms with van der Waals surface area (Å²) in [7, 11) is 0. The van der Waals surface area contributed by atoms with Crippen LogP contribution in [0.1, 0.15) is 63.6 Å². The van der Waals surface area contributed by atoms with Crippen LogP contribution < -0.4 is 5.32 Å². The second-order valence-corrected chi connectivity index (χ2v) is 12.1. The third-order valence-electron chi connectivity index (χ3n) is 6.87. The normalized spacial score (nSPS) is 14.5. The van der Waals surface area contributed by atoms with Crippen LogP contribution in [-0.4, -0.2) is 40.0 Å². The van der Waals surface area contributed by atoms with Crippen LogP contribution in [0.2, 0.25) is 0 Å². The topological polar surface area (TPSA) is 45.2 Å². The van der Waals surface area contributed by atoms with E-state index in [0.717, 1.165) is 58.6 Å². The van der Waals surface area contributed by atoms with Crippen LogP contribution in [0.25, 0.3) is 10.8 Å². The molecule has 0 atom stereocenters. The van der Waals surface area contributed by atoms with Crippen molar-refractivity contribution in [1.82, 2.24) is 9.88 Å². The molecule has 1 N–H and O–H groups in total. The summed E-state index contributed by atoms with van der Waals surface area (Å²) in [6, 6.07) is 17.6. The number of aromatic nitrogens is 1. The van der Waals surface area contributed by atoms with Gasteiger partial charge in [-0.3, -0.25) is 0 Å². The van der Waals surface area contributed by atoms with Crippen molar-refractivity contribution in [1.29, 1.82) is 0 Å². The minimum absolute atomic E-state index is 0.0178. The standard InChI is InChI=1S/C30H39N3OS2/c1-4-35-27-20-22(3)31-29(36-5-2)28(27)32-30(34)33(26-14-8-6-7-9-15-26)19-18-23-16-17-24-12-10-11-13-25(24)21-23/h10-13,16-17,20-21,26H,4-9,14-15,18-19H2,1-3H3,(H,32,34). The Kier molecular flexibility index (Phi) is 9.99. The average Bonchev–Trinajstić information content (AvgIpc) is 3.16. The number of thioether (sulfide) groups is 2. The van der Waals surface area contributed by atoms with Crippen LogP contribution in [0.3, 0.4) is 0 Å². The van der Waals surface area contributed by atoms with E-state index in [4.69, 9.17) is 4.98 Å². The second-order valence-electron chi connectivity index (χ2n) is 9.51. The number of rotatable bonds is 9. The SMILES string of the molecule is CCSc1cc(C)nc(SCC)c1NC(=O)N(CCc1ccc2ccccc2c1)C1CCCCCC1. The molecule has 0 radical (unpaired) electrons. The summed E-state index contributed by atoms with van der Waals surface area (Å²) in [5, 5.41) is 6.79. The summed E-state index contributed by atoms with van der Waals surface area (Å²) in [4.78, 5) is 22.0. The zero-order valence-electron chi connectivity index (χ0n) is 21.9. The van der Waals surface area contributed by atoms with E-state index < -0.39 is 0 Å². The van der Waals surface area contributed by atoms with Gasteiger partial charge in [-0.05, 0) is 60.1 Å². The Labute approximate surface area is 225 Å². The molecule has 0 aliphatic heterocycles. The quantitative estimate of drug-likeness (QED) is 0.226. The van der Waals surface area contributed by atoms with Gasteiger partial charge in [-0.25, -0.2) is 9.78 Å². The van der Waals surface area contributed by atoms with Gasteiger partial charge in [0, 0.05) is 23.2 Å². The molecule has 4 nitrogen and oxygen atoms in total. The van der Waals surface area contributed by atoms with Gasteiger partial charge in [0.2, 0.25) is 0 Å². The Morgan fingerprint density at radius 1 is 0.972 bits per heavy atom. The lowest BCUT2D eigenvalue weighted by Crippen LogP contribution is -2.44. The van der Waals surface area contributed by atoms with Crippen molar-refractivity contribution in [2.45, 2.75) is 81.7 Å². The number of carbonyl (C=O) groups excluding carboxylic acids is 1. The highest BCUT2D eigenvalue weighted by Gasteiger charge is 2.26. The largest absolute Gasteiger partial charge is 0.322 e. The number of urea groups is 1. The van der Waals surface area contributed by atoms with E-state index in [1.54, 1.807) is 23.5 Å². The first-order valence-corrected chi connectivity index (χ1v) is 15.4. The lowest BCUT2D eigenvalue weighted by molar-refractivity contribution is 0.180. The number of nitrogens with zero attached hydrogens (tertiary/aromatic N) is 2. The molecule has 4 rings (SSSR count). The highest BCUT2D eigenvalue weighted by molar-refractivity contribution is 8.00. The van der Waals surface area contributed by atoms with E-state index in [1.165, 1.54) is 42.0 Å². The maximum absolute atomic E-state index is 13.9. The molecule has 0 saturated heterocycles. The fraction of sp³-hybridized carbons (Fsp3) is 0.467. The van der Waals surface area contributed by atoms with Crippen LogP contribution in [0.5, 0.6) is 0 Å². The van der Waals surface area contributed by atoms with Gasteiger partial charge in [0.15, 0.2) is 0 Å². The van der Waals surface area contributed by atoms with Crippen molar-refractivity contribution < 1.29 is 4.79 Å². The number of hydrogen-bond donors (Lipinski definition) is 1. The second kappa shape index (κ2) is 13.4. The van der Waals surface area contributed by atoms with Crippen molar-refractivity contribution in [2.75, 3.05) is 23.4 Å². The molecule has 1 aromatic heterocycles. The molecule has 36 heavy (non-hydrogen) atoms. The first-order chi connectivity index (χ1) is 17.6. The molecule has 3 aromatic rings. The van der Waals surface area contributed by atoms with Crippen LogP contribution in [0.4, 0.5) is 10.5 Å². The summed E-state index contributed by atoms with van der Waals surface area (Å²) >= 11 is 3.48. The van der Waals surface area contributed by atoms with Gasteiger partial charge in [0.05, 0.1) is 5.69 Å². The van der Waals surface area contributed by atoms with Crippen molar-refractivity contribution in [3.63, 3.8) is 0 Å². The number of fused-ring (bicyclic) bond motifs is 1. The Morgan fingerprint density at radius 3 is 2.42 bits per heavy atom. The smallest absolute Gasteiger partial charge is 0.321 e. The first-order valence-electron chi connectivity index (χ1n) is 13.4. The zero-order valence-corrected chi connectivity index (χ0v) is 23.5. The van der Waals surface area contributed by atoms with Crippen LogP contribution in [0.15, 0.2) is 58.5 Å². The lowest BCUT2D eigenvalue weighted by Gasteiger charge is -2.32. The predicted octanol–water partition coefficient (Wildman–Crippen LogP) is 8.57. The molecule has 1 aliphatic rings. The van der Waals surface area contributed by atoms with Gasteiger partial charge in [0.1, 0.15) is 5.03 Å². The van der Waals surface area contributed by atoms with E-state index in [2.05, 4.69) is 72.6 Å². The number of nitrogens with one attached hydrogen (secondary N) is 1. The number of aryl methyl sites for hydroxylation is 1. The van der Waals surface area contributed by atoms with Gasteiger partial charge >= 0.3 is 6.03 Å². The Hall–Kier alpha value is -2.18. The summed E-state index contributed by atoms with van der Waals surface area (Å²) in [6.45, 7) is 7.04. The molecule has 0 unspecified atom stereocenters. The van der Waals surface area contributed by atoms with Crippen molar-refractivity contribution in [3.8, 4) is 0 Å². The number of pyridine rings is 1.